The van der Waals surface area contributed by atoms with Crippen LogP contribution in [0, 0.1) is 19.8 Å². The van der Waals surface area contributed by atoms with E-state index in [2.05, 4.69) is 91.7 Å². The summed E-state index contributed by atoms with van der Waals surface area (Å²) >= 11 is 0. The Kier molecular flexibility index (Phi) is 8.83. The molecule has 1 N–H and O–H groups in total. The smallest absolute Gasteiger partial charge is 0.225 e. The Morgan fingerprint density at radius 3 is 2.42 bits per heavy atom. The van der Waals surface area contributed by atoms with E-state index < -0.39 is 0 Å². The molecule has 4 rings (SSSR count). The number of nitrogens with zero attached hydrogens (tertiary/aromatic N) is 7. The Hall–Kier alpha value is -3.46. The monoisotopic (exact) mass is 546 g/mol. The number of hydrogen-bond donors (Lipinski definition) is 1. The van der Waals surface area contributed by atoms with Gasteiger partial charge in [-0.2, -0.15) is 5.10 Å². The maximum Gasteiger partial charge on any atom is 0.225 e. The second-order valence-corrected chi connectivity index (χ2v) is 11.9. The zero-order valence-corrected chi connectivity index (χ0v) is 25.9. The first-order valence-corrected chi connectivity index (χ1v) is 14.5. The molecular weight excluding hydrogens is 500 g/mol. The molecule has 0 saturated heterocycles. The zero-order valence-electron chi connectivity index (χ0n) is 25.9. The van der Waals surface area contributed by atoms with Gasteiger partial charge in [0.2, 0.25) is 5.91 Å². The van der Waals surface area contributed by atoms with Crippen LogP contribution in [0.1, 0.15) is 70.6 Å². The molecule has 0 aromatic carbocycles. The highest BCUT2D eigenvalue weighted by molar-refractivity contribution is 5.90. The SMILES string of the molecule is CCN(CN(c1ccc2[nH]c(-c3cn4ncnc4c(C)c3C)c(C(C)C)c2n1)C(C)C(C)C)C(=O)CCN(C)C. The quantitative estimate of drug-likeness (QED) is 0.246. The van der Waals surface area contributed by atoms with Crippen LogP contribution in [0.3, 0.4) is 0 Å². The molecule has 9 heteroatoms. The van der Waals surface area contributed by atoms with Gasteiger partial charge < -0.3 is 19.7 Å². The zero-order chi connectivity index (χ0) is 29.3. The van der Waals surface area contributed by atoms with Gasteiger partial charge in [-0.3, -0.25) is 4.79 Å². The molecule has 4 heterocycles. The number of rotatable bonds is 11. The van der Waals surface area contributed by atoms with Gasteiger partial charge in [0.1, 0.15) is 12.1 Å². The fraction of sp³-hybridized carbons (Fsp3) is 0.548. The average molecular weight is 547 g/mol. The van der Waals surface area contributed by atoms with Crippen molar-refractivity contribution in [2.75, 3.05) is 38.8 Å². The Morgan fingerprint density at radius 1 is 1.07 bits per heavy atom. The summed E-state index contributed by atoms with van der Waals surface area (Å²) in [6.45, 7) is 19.3. The van der Waals surface area contributed by atoms with Gasteiger partial charge in [-0.1, -0.05) is 27.7 Å². The van der Waals surface area contributed by atoms with Gasteiger partial charge in [0.15, 0.2) is 5.65 Å². The normalized spacial score (nSPS) is 12.8. The van der Waals surface area contributed by atoms with Crippen molar-refractivity contribution < 1.29 is 4.79 Å². The van der Waals surface area contributed by atoms with E-state index in [1.807, 2.05) is 30.4 Å². The lowest BCUT2D eigenvalue weighted by Crippen LogP contribution is -2.47. The minimum absolute atomic E-state index is 0.166. The molecule has 0 fully saturated rings. The van der Waals surface area contributed by atoms with Crippen LogP contribution in [-0.2, 0) is 4.79 Å². The van der Waals surface area contributed by atoms with E-state index in [0.717, 1.165) is 45.9 Å². The Morgan fingerprint density at radius 2 is 1.80 bits per heavy atom. The molecule has 1 amide bonds. The third kappa shape index (κ3) is 5.70. The summed E-state index contributed by atoms with van der Waals surface area (Å²) in [5, 5.41) is 4.42. The first-order chi connectivity index (χ1) is 18.9. The highest BCUT2D eigenvalue weighted by atomic mass is 16.2. The number of fused-ring (bicyclic) bond motifs is 2. The summed E-state index contributed by atoms with van der Waals surface area (Å²) in [4.78, 5) is 32.8. The maximum absolute atomic E-state index is 13.1. The van der Waals surface area contributed by atoms with Crippen LogP contribution in [0.4, 0.5) is 5.82 Å². The van der Waals surface area contributed by atoms with Crippen LogP contribution < -0.4 is 4.90 Å². The molecule has 0 spiro atoms. The van der Waals surface area contributed by atoms with Crippen molar-refractivity contribution in [2.24, 2.45) is 5.92 Å². The van der Waals surface area contributed by atoms with Gasteiger partial charge in [-0.15, -0.1) is 0 Å². The minimum Gasteiger partial charge on any atom is -0.353 e. The summed E-state index contributed by atoms with van der Waals surface area (Å²) < 4.78 is 1.85. The third-order valence-electron chi connectivity index (χ3n) is 8.22. The summed E-state index contributed by atoms with van der Waals surface area (Å²) in [5.41, 5.74) is 8.52. The van der Waals surface area contributed by atoms with E-state index in [1.165, 1.54) is 11.1 Å². The summed E-state index contributed by atoms with van der Waals surface area (Å²) in [6, 6.07) is 4.41. The summed E-state index contributed by atoms with van der Waals surface area (Å²) in [5.74, 6) is 1.69. The van der Waals surface area contributed by atoms with Crippen molar-refractivity contribution in [3.8, 4) is 11.3 Å². The van der Waals surface area contributed by atoms with Crippen molar-refractivity contribution in [3.63, 3.8) is 0 Å². The first kappa shape index (κ1) is 29.5. The molecule has 0 aliphatic heterocycles. The Labute approximate surface area is 238 Å². The third-order valence-corrected chi connectivity index (χ3v) is 8.22. The predicted molar refractivity (Wildman–Crippen MR) is 164 cm³/mol. The van der Waals surface area contributed by atoms with E-state index in [1.54, 1.807) is 6.33 Å². The van der Waals surface area contributed by atoms with Gasteiger partial charge in [0, 0.05) is 42.9 Å². The Bertz CT molecular complexity index is 1480. The van der Waals surface area contributed by atoms with Gasteiger partial charge >= 0.3 is 0 Å². The lowest BCUT2D eigenvalue weighted by atomic mass is 9.95. The molecule has 0 radical (unpaired) electrons. The van der Waals surface area contributed by atoms with Crippen LogP contribution in [-0.4, -0.2) is 80.2 Å². The molecule has 4 aromatic heterocycles. The predicted octanol–water partition coefficient (Wildman–Crippen LogP) is 5.62. The average Bonchev–Trinajstić information content (AvgIpc) is 3.54. The molecule has 1 atom stereocenters. The molecular formula is C31H46N8O. The van der Waals surface area contributed by atoms with E-state index in [0.29, 0.717) is 25.6 Å². The minimum atomic E-state index is 0.166. The van der Waals surface area contributed by atoms with Crippen molar-refractivity contribution in [1.29, 1.82) is 0 Å². The first-order valence-electron chi connectivity index (χ1n) is 14.5. The molecule has 40 heavy (non-hydrogen) atoms. The number of aromatic amines is 1. The number of pyridine rings is 2. The molecule has 1 unspecified atom stereocenters. The molecule has 4 aromatic rings. The summed E-state index contributed by atoms with van der Waals surface area (Å²) in [7, 11) is 4.00. The number of H-pyrrole nitrogens is 1. The lowest BCUT2D eigenvalue weighted by Gasteiger charge is -2.37. The van der Waals surface area contributed by atoms with Crippen LogP contribution in [0.25, 0.3) is 27.9 Å². The number of hydrogen-bond acceptors (Lipinski definition) is 6. The molecule has 0 aliphatic rings. The topological polar surface area (TPSA) is 85.7 Å². The largest absolute Gasteiger partial charge is 0.353 e. The number of anilines is 1. The lowest BCUT2D eigenvalue weighted by molar-refractivity contribution is -0.131. The van der Waals surface area contributed by atoms with Crippen LogP contribution in [0.2, 0.25) is 0 Å². The van der Waals surface area contributed by atoms with Gasteiger partial charge in [0.25, 0.3) is 0 Å². The summed E-state index contributed by atoms with van der Waals surface area (Å²) in [6.07, 6.45) is 4.17. The molecule has 9 nitrogen and oxygen atoms in total. The van der Waals surface area contributed by atoms with E-state index in [-0.39, 0.29) is 17.9 Å². The number of carbonyl (C=O) groups excluding carboxylic acids is 1. The fourth-order valence-corrected chi connectivity index (χ4v) is 5.25. The highest BCUT2D eigenvalue weighted by Gasteiger charge is 2.26. The second-order valence-electron chi connectivity index (χ2n) is 11.9. The van der Waals surface area contributed by atoms with E-state index >= 15 is 0 Å². The second kappa shape index (κ2) is 12.0. The van der Waals surface area contributed by atoms with Gasteiger partial charge in [-0.25, -0.2) is 14.5 Å². The molecule has 0 bridgehead atoms. The van der Waals surface area contributed by atoms with Crippen molar-refractivity contribution in [2.45, 2.75) is 73.8 Å². The number of aromatic nitrogens is 5. The maximum atomic E-state index is 13.1. The molecule has 0 aliphatic carbocycles. The molecule has 0 saturated carbocycles. The van der Waals surface area contributed by atoms with E-state index in [9.17, 15) is 4.79 Å². The van der Waals surface area contributed by atoms with Crippen molar-refractivity contribution >= 4 is 28.4 Å². The van der Waals surface area contributed by atoms with Crippen molar-refractivity contribution in [1.82, 2.24) is 34.4 Å². The number of aryl methyl sites for hydroxylation is 1. The Balaban J connectivity index is 1.81. The van der Waals surface area contributed by atoms with E-state index in [4.69, 9.17) is 4.98 Å². The van der Waals surface area contributed by atoms with Crippen molar-refractivity contribution in [3.05, 3.63) is 41.3 Å². The standard InChI is InChI=1S/C31H46N8O/c1-11-37(27(40)14-15-36(9)10)18-38(23(8)19(2)3)26-13-12-25-30(35-26)28(20(4)5)29(34-25)24-16-39-31(32-17-33-39)22(7)21(24)6/h12-13,16-17,19-20,23,34H,11,14-15,18H2,1-10H3. The van der Waals surface area contributed by atoms with Crippen LogP contribution in [0.15, 0.2) is 24.7 Å². The number of nitrogens with one attached hydrogen (secondary N) is 1. The number of amides is 1. The molecule has 216 valence electrons. The number of carbonyl (C=O) groups is 1. The van der Waals surface area contributed by atoms with Gasteiger partial charge in [0.05, 0.1) is 23.4 Å². The van der Waals surface area contributed by atoms with Crippen LogP contribution >= 0.6 is 0 Å². The highest BCUT2D eigenvalue weighted by Crippen LogP contribution is 2.38. The van der Waals surface area contributed by atoms with Crippen LogP contribution in [0.5, 0.6) is 0 Å². The van der Waals surface area contributed by atoms with Gasteiger partial charge in [-0.05, 0) is 76.9 Å². The fourth-order valence-electron chi connectivity index (χ4n) is 5.25.